The average Bonchev–Trinajstić information content (AvgIpc) is 2.53. The van der Waals surface area contributed by atoms with E-state index in [-0.39, 0.29) is 5.60 Å². The smallest absolute Gasteiger partial charge is 0.139 e. The molecule has 2 heterocycles. The van der Waals surface area contributed by atoms with E-state index < -0.39 is 0 Å². The van der Waals surface area contributed by atoms with Crippen molar-refractivity contribution in [3.05, 3.63) is 47.0 Å². The van der Waals surface area contributed by atoms with Gasteiger partial charge in [-0.2, -0.15) is 0 Å². The third-order valence-electron chi connectivity index (χ3n) is 4.81. The lowest BCUT2D eigenvalue weighted by Crippen LogP contribution is -2.33. The summed E-state index contributed by atoms with van der Waals surface area (Å²) in [5, 5.41) is 10.2. The maximum Gasteiger partial charge on any atom is 0.139 e. The van der Waals surface area contributed by atoms with E-state index >= 15 is 0 Å². The summed E-state index contributed by atoms with van der Waals surface area (Å²) in [6.07, 6.45) is 4.06. The van der Waals surface area contributed by atoms with Gasteiger partial charge in [-0.1, -0.05) is 17.6 Å². The Morgan fingerprint density at radius 3 is 2.79 bits per heavy atom. The first-order valence-electron chi connectivity index (χ1n) is 8.41. The van der Waals surface area contributed by atoms with Crippen molar-refractivity contribution >= 4 is 25.0 Å². The lowest BCUT2D eigenvalue weighted by atomic mass is 9.90. The molecule has 0 aliphatic carbocycles. The molecule has 0 spiro atoms. The molecule has 24 heavy (non-hydrogen) atoms. The molecular formula is C20H21BO3. The largest absolute Gasteiger partial charge is 0.507 e. The molecule has 0 saturated heterocycles. The summed E-state index contributed by atoms with van der Waals surface area (Å²) in [7, 11) is 1.97. The van der Waals surface area contributed by atoms with Crippen molar-refractivity contribution in [2.24, 2.45) is 0 Å². The van der Waals surface area contributed by atoms with Gasteiger partial charge < -0.3 is 14.6 Å². The Hall–Kier alpha value is -2.36. The number of ether oxygens (including phenoxy) is 2. The number of fused-ring (bicyclic) bond motifs is 3. The minimum Gasteiger partial charge on any atom is -0.507 e. The Labute approximate surface area is 143 Å². The van der Waals surface area contributed by atoms with Crippen LogP contribution in [-0.4, -0.2) is 25.2 Å². The number of hydrogen-bond donors (Lipinski definition) is 1. The van der Waals surface area contributed by atoms with Crippen molar-refractivity contribution in [2.75, 3.05) is 6.61 Å². The highest BCUT2D eigenvalue weighted by Crippen LogP contribution is 2.43. The third kappa shape index (κ3) is 2.56. The second kappa shape index (κ2) is 5.33. The summed E-state index contributed by atoms with van der Waals surface area (Å²) in [6, 6.07) is 9.82. The number of hydrogen-bond acceptors (Lipinski definition) is 3. The van der Waals surface area contributed by atoms with Gasteiger partial charge in [-0.25, -0.2) is 0 Å². The maximum absolute atomic E-state index is 10.2. The lowest BCUT2D eigenvalue weighted by Gasteiger charge is -2.34. The van der Waals surface area contributed by atoms with Crippen LogP contribution in [0.4, 0.5) is 0 Å². The second-order valence-corrected chi connectivity index (χ2v) is 7.30. The average molecular weight is 320 g/mol. The monoisotopic (exact) mass is 320 g/mol. The van der Waals surface area contributed by atoms with Crippen molar-refractivity contribution in [1.82, 2.24) is 0 Å². The maximum atomic E-state index is 10.2. The molecule has 0 radical (unpaired) electrons. The molecular weight excluding hydrogens is 299 g/mol. The summed E-state index contributed by atoms with van der Waals surface area (Å²) in [5.41, 5.74) is 4.97. The van der Waals surface area contributed by atoms with Crippen LogP contribution in [0, 0.1) is 0 Å². The molecule has 3 nitrogen and oxygen atoms in total. The van der Waals surface area contributed by atoms with Crippen molar-refractivity contribution in [3.8, 4) is 17.2 Å². The Balaban J connectivity index is 1.75. The molecule has 2 aromatic rings. The second-order valence-electron chi connectivity index (χ2n) is 7.30. The van der Waals surface area contributed by atoms with E-state index in [0.717, 1.165) is 52.1 Å². The number of phenols is 1. The van der Waals surface area contributed by atoms with E-state index in [4.69, 9.17) is 9.47 Å². The van der Waals surface area contributed by atoms with E-state index in [1.54, 1.807) is 6.07 Å². The number of rotatable bonds is 1. The molecule has 0 aromatic heterocycles. The summed E-state index contributed by atoms with van der Waals surface area (Å²) >= 11 is 0. The highest BCUT2D eigenvalue weighted by Gasteiger charge is 2.30. The van der Waals surface area contributed by atoms with Crippen LogP contribution >= 0.6 is 0 Å². The Morgan fingerprint density at radius 1 is 1.17 bits per heavy atom. The zero-order valence-electron chi connectivity index (χ0n) is 14.3. The number of benzene rings is 2. The molecule has 0 bridgehead atoms. The third-order valence-corrected chi connectivity index (χ3v) is 4.81. The molecule has 0 unspecified atom stereocenters. The zero-order chi connectivity index (χ0) is 16.9. The predicted molar refractivity (Wildman–Crippen MR) is 99.1 cm³/mol. The van der Waals surface area contributed by atoms with E-state index in [1.807, 2.05) is 32.1 Å². The Bertz CT molecular complexity index is 852. The first-order valence-corrected chi connectivity index (χ1v) is 8.41. The number of aromatic hydroxyl groups is 1. The summed E-state index contributed by atoms with van der Waals surface area (Å²) < 4.78 is 12.2. The standard InChI is InChI=1S/C20H21BO3/c1-20(2)8-7-16-18(24-20)6-3-12-9-13(11-23-19(12)16)15-5-4-14(21)10-17(15)22/h3-6,9-10,22H,7-8,11,21H2,1-2H3. The van der Waals surface area contributed by atoms with Crippen LogP contribution in [0.5, 0.6) is 17.2 Å². The van der Waals surface area contributed by atoms with Crippen molar-refractivity contribution in [1.29, 1.82) is 0 Å². The normalized spacial score (nSPS) is 17.8. The number of phenolic OH excluding ortho intramolecular Hbond substituents is 1. The fourth-order valence-electron chi connectivity index (χ4n) is 3.47. The van der Waals surface area contributed by atoms with E-state index in [1.165, 1.54) is 0 Å². The molecule has 2 aliphatic heterocycles. The lowest BCUT2D eigenvalue weighted by molar-refractivity contribution is 0.0834. The topological polar surface area (TPSA) is 38.7 Å². The van der Waals surface area contributed by atoms with Gasteiger partial charge in [0.25, 0.3) is 0 Å². The molecule has 0 saturated carbocycles. The van der Waals surface area contributed by atoms with Crippen molar-refractivity contribution < 1.29 is 14.6 Å². The van der Waals surface area contributed by atoms with E-state index in [2.05, 4.69) is 19.9 Å². The van der Waals surface area contributed by atoms with Gasteiger partial charge in [-0.15, -0.1) is 0 Å². The summed E-state index contributed by atoms with van der Waals surface area (Å²) in [4.78, 5) is 0. The quantitative estimate of drug-likeness (QED) is 0.821. The van der Waals surface area contributed by atoms with Gasteiger partial charge in [0.05, 0.1) is 0 Å². The molecule has 4 heteroatoms. The zero-order valence-corrected chi connectivity index (χ0v) is 14.3. The first-order chi connectivity index (χ1) is 11.4. The van der Waals surface area contributed by atoms with Gasteiger partial charge in [0.2, 0.25) is 0 Å². The minimum absolute atomic E-state index is 0.120. The van der Waals surface area contributed by atoms with E-state index in [0.29, 0.717) is 12.4 Å². The molecule has 2 aromatic carbocycles. The SMILES string of the molecule is Bc1ccc(C2=Cc3ccc4c(c3OC2)CCC(C)(C)O4)c(O)c1. The molecule has 2 aliphatic rings. The van der Waals surface area contributed by atoms with Crippen LogP contribution in [0.1, 0.15) is 37.0 Å². The van der Waals surface area contributed by atoms with Crippen LogP contribution < -0.4 is 14.9 Å². The van der Waals surface area contributed by atoms with Crippen LogP contribution in [0.15, 0.2) is 30.3 Å². The molecule has 0 atom stereocenters. The highest BCUT2D eigenvalue weighted by molar-refractivity contribution is 6.32. The molecule has 4 rings (SSSR count). The molecule has 122 valence electrons. The Morgan fingerprint density at radius 2 is 2.00 bits per heavy atom. The van der Waals surface area contributed by atoms with Gasteiger partial charge in [-0.05, 0) is 51.0 Å². The van der Waals surface area contributed by atoms with Gasteiger partial charge in [0, 0.05) is 22.3 Å². The van der Waals surface area contributed by atoms with E-state index in [9.17, 15) is 5.11 Å². The molecule has 1 N–H and O–H groups in total. The van der Waals surface area contributed by atoms with Gasteiger partial charge in [0.15, 0.2) is 0 Å². The predicted octanol–water partition coefficient (Wildman–Crippen LogP) is 2.69. The fourth-order valence-corrected chi connectivity index (χ4v) is 3.47. The van der Waals surface area contributed by atoms with Gasteiger partial charge >= 0.3 is 0 Å². The summed E-state index contributed by atoms with van der Waals surface area (Å²) in [6.45, 7) is 4.70. The van der Waals surface area contributed by atoms with Gasteiger partial charge in [0.1, 0.15) is 37.3 Å². The van der Waals surface area contributed by atoms with Crippen LogP contribution in [0.3, 0.4) is 0 Å². The van der Waals surface area contributed by atoms with Gasteiger partial charge in [-0.3, -0.25) is 0 Å². The van der Waals surface area contributed by atoms with Crippen LogP contribution in [0.2, 0.25) is 0 Å². The first kappa shape index (κ1) is 15.2. The minimum atomic E-state index is -0.120. The Kier molecular flexibility index (Phi) is 3.38. The highest BCUT2D eigenvalue weighted by atomic mass is 16.5. The van der Waals surface area contributed by atoms with Crippen molar-refractivity contribution in [2.45, 2.75) is 32.3 Å². The summed E-state index contributed by atoms with van der Waals surface area (Å²) in [5.74, 6) is 2.16. The molecule has 0 fully saturated rings. The molecule has 0 amide bonds. The fraction of sp³-hybridized carbons (Fsp3) is 0.300. The van der Waals surface area contributed by atoms with Crippen LogP contribution in [-0.2, 0) is 6.42 Å². The van der Waals surface area contributed by atoms with Crippen molar-refractivity contribution in [3.63, 3.8) is 0 Å². The van der Waals surface area contributed by atoms with Crippen LogP contribution in [0.25, 0.3) is 11.6 Å².